The van der Waals surface area contributed by atoms with E-state index in [1.165, 1.54) is 12.1 Å². The summed E-state index contributed by atoms with van der Waals surface area (Å²) in [5.41, 5.74) is 2.37. The van der Waals surface area contributed by atoms with Crippen molar-refractivity contribution < 1.29 is 16.3 Å². The number of pyridine rings is 1. The Morgan fingerprint density at radius 2 is 2.21 bits per heavy atom. The fourth-order valence-corrected chi connectivity index (χ4v) is 3.13. The number of nitrogens with zero attached hydrogens (tertiary/aromatic N) is 2. The van der Waals surface area contributed by atoms with Gasteiger partial charge in [-0.2, -0.15) is 0 Å². The van der Waals surface area contributed by atoms with Gasteiger partial charge in [0.2, 0.25) is 5.91 Å². The van der Waals surface area contributed by atoms with Gasteiger partial charge in [0.25, 0.3) is 0 Å². The van der Waals surface area contributed by atoms with Crippen LogP contribution in [-0.2, 0) is 17.8 Å². The molecule has 0 radical (unpaired) electrons. The van der Waals surface area contributed by atoms with Crippen LogP contribution in [0.25, 0.3) is 0 Å². The van der Waals surface area contributed by atoms with Gasteiger partial charge in [-0.1, -0.05) is 12.1 Å². The number of carbonyl (C=O) groups is 1. The van der Waals surface area contributed by atoms with Crippen molar-refractivity contribution in [1.29, 1.82) is 0 Å². The second-order valence-corrected chi connectivity index (χ2v) is 6.01. The number of hydrogen-bond donors (Lipinski definition) is 0. The number of rotatable bonds is 6. The van der Waals surface area contributed by atoms with Crippen molar-refractivity contribution in [2.45, 2.75) is 31.7 Å². The van der Waals surface area contributed by atoms with E-state index >= 15 is 0 Å². The molecule has 2 aromatic rings. The highest BCUT2D eigenvalue weighted by Crippen LogP contribution is 2.30. The molecule has 1 aromatic heterocycles. The number of alkyl halides is 1. The lowest BCUT2D eigenvalue weighted by Crippen LogP contribution is -2.25. The van der Waals surface area contributed by atoms with Crippen LogP contribution in [0.4, 0.5) is 8.78 Å². The topological polar surface area (TPSA) is 33.2 Å². The lowest BCUT2D eigenvalue weighted by atomic mass is 9.98. The van der Waals surface area contributed by atoms with E-state index in [4.69, 9.17) is 2.74 Å². The fraction of sp³-hybridized carbons (Fsp3) is 0.368. The van der Waals surface area contributed by atoms with Crippen LogP contribution in [0.3, 0.4) is 0 Å². The molecule has 126 valence electrons. The Kier molecular flexibility index (Phi) is 4.41. The number of aromatic nitrogens is 1. The van der Waals surface area contributed by atoms with E-state index in [0.29, 0.717) is 19.5 Å². The maximum atomic E-state index is 13.4. The molecule has 3 nitrogen and oxygen atoms in total. The highest BCUT2D eigenvalue weighted by molar-refractivity contribution is 5.79. The van der Waals surface area contributed by atoms with Crippen molar-refractivity contribution >= 4 is 5.91 Å². The van der Waals surface area contributed by atoms with Gasteiger partial charge in [0.05, 0.1) is 9.37 Å². The molecule has 0 unspecified atom stereocenters. The van der Waals surface area contributed by atoms with Crippen molar-refractivity contribution in [2.24, 2.45) is 0 Å². The monoisotopic (exact) mass is 332 g/mol. The summed E-state index contributed by atoms with van der Waals surface area (Å²) in [6.45, 7) is -1.88. The first-order valence-electron chi connectivity index (χ1n) is 8.96. The van der Waals surface area contributed by atoms with Crippen LogP contribution in [0.15, 0.2) is 42.7 Å². The van der Waals surface area contributed by atoms with Gasteiger partial charge in [-0.25, -0.2) is 4.39 Å². The van der Waals surface area contributed by atoms with E-state index in [2.05, 4.69) is 4.98 Å². The highest BCUT2D eigenvalue weighted by Gasteiger charge is 2.31. The molecule has 1 fully saturated rings. The molecule has 0 spiro atoms. The summed E-state index contributed by atoms with van der Waals surface area (Å²) in [6.07, 6.45) is 3.48. The molecule has 0 aliphatic carbocycles. The molecule has 1 atom stereocenters. The zero-order valence-corrected chi connectivity index (χ0v) is 13.2. The first-order chi connectivity index (χ1) is 12.3. The third kappa shape index (κ3) is 3.78. The third-order valence-corrected chi connectivity index (χ3v) is 4.39. The van der Waals surface area contributed by atoms with E-state index in [0.717, 1.165) is 16.7 Å². The van der Waals surface area contributed by atoms with E-state index < -0.39 is 6.63 Å². The maximum Gasteiger partial charge on any atom is 0.223 e. The van der Waals surface area contributed by atoms with Gasteiger partial charge in [0, 0.05) is 37.8 Å². The molecular weight excluding hydrogens is 310 g/mol. The summed E-state index contributed by atoms with van der Waals surface area (Å²) >= 11 is 0. The van der Waals surface area contributed by atoms with Crippen molar-refractivity contribution in [3.8, 4) is 0 Å². The summed E-state index contributed by atoms with van der Waals surface area (Å²) in [5, 5.41) is 0. The number of hydrogen-bond acceptors (Lipinski definition) is 2. The summed E-state index contributed by atoms with van der Waals surface area (Å²) in [5.74, 6) is -0.378. The Morgan fingerprint density at radius 3 is 3.00 bits per heavy atom. The predicted octanol–water partition coefficient (Wildman–Crippen LogP) is 3.64. The SMILES string of the molecule is [2H]C([2H])(F)CCc1cnccc1CN1C[C@@H](c2cccc(F)c2)CC1=O. The number of aryl methyl sites for hydroxylation is 1. The first kappa shape index (κ1) is 14.1. The van der Waals surface area contributed by atoms with Crippen LogP contribution < -0.4 is 0 Å². The molecule has 1 aromatic carbocycles. The Labute approximate surface area is 143 Å². The molecule has 1 saturated heterocycles. The van der Waals surface area contributed by atoms with Gasteiger partial charge in [-0.3, -0.25) is 14.2 Å². The van der Waals surface area contributed by atoms with Gasteiger partial charge >= 0.3 is 0 Å². The van der Waals surface area contributed by atoms with Gasteiger partial charge in [-0.05, 0) is 47.7 Å². The minimum absolute atomic E-state index is 0.0113. The Bertz CT molecular complexity index is 795. The normalized spacial score (nSPS) is 19.3. The molecule has 5 heteroatoms. The standard InChI is InChI=1S/C19H20F2N2O/c20-7-2-4-15-11-22-8-6-16(15)12-23-13-17(10-19(23)24)14-3-1-5-18(21)9-14/h1,3,5-6,8-9,11,17H,2,4,7,10,12-13H2/t17-/m0/s1/i7D2. The maximum absolute atomic E-state index is 13.4. The van der Waals surface area contributed by atoms with Gasteiger partial charge in [0.15, 0.2) is 0 Å². The van der Waals surface area contributed by atoms with Gasteiger partial charge in [-0.15, -0.1) is 0 Å². The number of halogens is 2. The Hall–Kier alpha value is -2.30. The van der Waals surface area contributed by atoms with Crippen LogP contribution in [0.2, 0.25) is 0 Å². The quantitative estimate of drug-likeness (QED) is 0.809. The smallest absolute Gasteiger partial charge is 0.223 e. The summed E-state index contributed by atoms with van der Waals surface area (Å²) in [4.78, 5) is 18.1. The van der Waals surface area contributed by atoms with E-state index in [9.17, 15) is 13.6 Å². The molecule has 1 aliphatic rings. The molecule has 0 saturated carbocycles. The number of amides is 1. The second kappa shape index (κ2) is 7.51. The Balaban J connectivity index is 1.70. The van der Waals surface area contributed by atoms with Crippen molar-refractivity contribution in [2.75, 3.05) is 13.2 Å². The highest BCUT2D eigenvalue weighted by atomic mass is 19.1. The van der Waals surface area contributed by atoms with Crippen LogP contribution in [0, 0.1) is 5.82 Å². The number of benzene rings is 1. The molecule has 0 bridgehead atoms. The lowest BCUT2D eigenvalue weighted by Gasteiger charge is -2.19. The largest absolute Gasteiger partial charge is 0.338 e. The lowest BCUT2D eigenvalue weighted by molar-refractivity contribution is -0.128. The predicted molar refractivity (Wildman–Crippen MR) is 87.7 cm³/mol. The minimum atomic E-state index is -2.74. The van der Waals surface area contributed by atoms with Crippen LogP contribution in [-0.4, -0.2) is 29.0 Å². The zero-order valence-electron chi connectivity index (χ0n) is 15.2. The van der Waals surface area contributed by atoms with Crippen LogP contribution in [0.5, 0.6) is 0 Å². The average molecular weight is 332 g/mol. The number of likely N-dealkylation sites (tertiary alicyclic amines) is 1. The Morgan fingerprint density at radius 1 is 1.33 bits per heavy atom. The molecule has 24 heavy (non-hydrogen) atoms. The van der Waals surface area contributed by atoms with Gasteiger partial charge in [0.1, 0.15) is 5.82 Å². The van der Waals surface area contributed by atoms with E-state index in [1.807, 2.05) is 6.07 Å². The van der Waals surface area contributed by atoms with Crippen molar-refractivity contribution in [3.63, 3.8) is 0 Å². The summed E-state index contributed by atoms with van der Waals surface area (Å²) < 4.78 is 40.7. The van der Waals surface area contributed by atoms with Crippen molar-refractivity contribution in [1.82, 2.24) is 9.88 Å². The first-order valence-corrected chi connectivity index (χ1v) is 7.96. The zero-order chi connectivity index (χ0) is 18.7. The summed E-state index contributed by atoms with van der Waals surface area (Å²) in [7, 11) is 0. The molecule has 3 rings (SSSR count). The molecular formula is C19H20F2N2O. The van der Waals surface area contributed by atoms with E-state index in [-0.39, 0.29) is 30.5 Å². The average Bonchev–Trinajstić information content (AvgIpc) is 2.94. The van der Waals surface area contributed by atoms with E-state index in [1.54, 1.807) is 29.4 Å². The molecule has 0 N–H and O–H groups in total. The molecule has 1 aliphatic heterocycles. The summed E-state index contributed by atoms with van der Waals surface area (Å²) in [6, 6.07) is 8.08. The van der Waals surface area contributed by atoms with Crippen LogP contribution >= 0.6 is 0 Å². The third-order valence-electron chi connectivity index (χ3n) is 4.39. The van der Waals surface area contributed by atoms with Crippen molar-refractivity contribution in [3.05, 3.63) is 65.2 Å². The molecule has 2 heterocycles. The fourth-order valence-electron chi connectivity index (χ4n) is 3.13. The molecule has 1 amide bonds. The second-order valence-electron chi connectivity index (χ2n) is 6.01. The number of carbonyl (C=O) groups excluding carboxylic acids is 1. The van der Waals surface area contributed by atoms with Gasteiger partial charge < -0.3 is 4.90 Å². The van der Waals surface area contributed by atoms with Crippen LogP contribution in [0.1, 0.15) is 38.2 Å². The minimum Gasteiger partial charge on any atom is -0.338 e.